The maximum absolute atomic E-state index is 12.3. The summed E-state index contributed by atoms with van der Waals surface area (Å²) in [6, 6.07) is 10.4. The molecule has 1 aliphatic rings. The summed E-state index contributed by atoms with van der Waals surface area (Å²) in [5, 5.41) is 3.21. The van der Waals surface area contributed by atoms with Crippen LogP contribution in [0.4, 0.5) is 5.69 Å². The van der Waals surface area contributed by atoms with Crippen molar-refractivity contribution in [3.8, 4) is 11.5 Å². The third kappa shape index (κ3) is 2.46. The molecule has 1 N–H and O–H groups in total. The van der Waals surface area contributed by atoms with Gasteiger partial charge in [0, 0.05) is 4.47 Å². The Morgan fingerprint density at radius 3 is 2.90 bits per heavy atom. The van der Waals surface area contributed by atoms with E-state index in [1.807, 2.05) is 0 Å². The van der Waals surface area contributed by atoms with Crippen LogP contribution in [0.3, 0.4) is 0 Å². The summed E-state index contributed by atoms with van der Waals surface area (Å²) < 4.78 is 11.4. The molecule has 2 aromatic rings. The molecule has 0 radical (unpaired) electrons. The first kappa shape index (κ1) is 13.3. The van der Waals surface area contributed by atoms with Gasteiger partial charge in [-0.05, 0) is 30.3 Å². The molecule has 0 spiro atoms. The molecule has 0 saturated carbocycles. The van der Waals surface area contributed by atoms with Gasteiger partial charge < -0.3 is 14.8 Å². The average Bonchev–Trinajstić information content (AvgIpc) is 2.90. The van der Waals surface area contributed by atoms with Gasteiger partial charge in [0.1, 0.15) is 0 Å². The van der Waals surface area contributed by atoms with E-state index in [9.17, 15) is 4.79 Å². The first-order valence-corrected chi connectivity index (χ1v) is 6.97. The largest absolute Gasteiger partial charge is 0.454 e. The molecular weight excluding hydrogens is 346 g/mol. The Bertz CT molecular complexity index is 690. The topological polar surface area (TPSA) is 47.6 Å². The minimum Gasteiger partial charge on any atom is -0.454 e. The molecule has 4 nitrogen and oxygen atoms in total. The normalized spacial score (nSPS) is 12.3. The van der Waals surface area contributed by atoms with Crippen molar-refractivity contribution >= 4 is 39.1 Å². The summed E-state index contributed by atoms with van der Waals surface area (Å²) >= 11 is 9.39. The second kappa shape index (κ2) is 5.34. The van der Waals surface area contributed by atoms with Crippen molar-refractivity contribution in [1.82, 2.24) is 0 Å². The lowest BCUT2D eigenvalue weighted by atomic mass is 10.1. The van der Waals surface area contributed by atoms with Gasteiger partial charge in [0.2, 0.25) is 6.79 Å². The number of halogens is 2. The Labute approximate surface area is 128 Å². The summed E-state index contributed by atoms with van der Waals surface area (Å²) in [7, 11) is 0. The second-order valence-corrected chi connectivity index (χ2v) is 5.44. The number of carbonyl (C=O) groups is 1. The number of benzene rings is 2. The van der Waals surface area contributed by atoms with E-state index in [-0.39, 0.29) is 12.7 Å². The number of anilines is 1. The van der Waals surface area contributed by atoms with Crippen molar-refractivity contribution < 1.29 is 14.3 Å². The molecule has 1 aliphatic heterocycles. The number of ether oxygens (including phenoxy) is 2. The molecule has 1 heterocycles. The number of carbonyl (C=O) groups excluding carboxylic acids is 1. The monoisotopic (exact) mass is 353 g/mol. The van der Waals surface area contributed by atoms with Gasteiger partial charge in [0.15, 0.2) is 11.5 Å². The van der Waals surface area contributed by atoms with E-state index < -0.39 is 0 Å². The van der Waals surface area contributed by atoms with Gasteiger partial charge >= 0.3 is 0 Å². The fourth-order valence-corrected chi connectivity index (χ4v) is 2.61. The summed E-state index contributed by atoms with van der Waals surface area (Å²) in [5.41, 5.74) is 0.954. The molecular formula is C14H9BrClNO3. The predicted octanol–water partition coefficient (Wildman–Crippen LogP) is 4.08. The van der Waals surface area contributed by atoms with Gasteiger partial charge in [-0.2, -0.15) is 0 Å². The number of nitrogens with one attached hydrogen (secondary N) is 1. The molecule has 102 valence electrons. The average molecular weight is 355 g/mol. The highest BCUT2D eigenvalue weighted by atomic mass is 79.9. The molecule has 1 amide bonds. The molecule has 0 fully saturated rings. The van der Waals surface area contributed by atoms with E-state index >= 15 is 0 Å². The van der Waals surface area contributed by atoms with Crippen LogP contribution in [-0.4, -0.2) is 12.7 Å². The minimum absolute atomic E-state index is 0.124. The van der Waals surface area contributed by atoms with E-state index in [0.717, 1.165) is 4.47 Å². The van der Waals surface area contributed by atoms with E-state index in [1.165, 1.54) is 0 Å². The van der Waals surface area contributed by atoms with Crippen molar-refractivity contribution in [3.05, 3.63) is 51.5 Å². The van der Waals surface area contributed by atoms with E-state index in [4.69, 9.17) is 21.1 Å². The Kier molecular flexibility index (Phi) is 3.54. The highest BCUT2D eigenvalue weighted by Gasteiger charge is 2.22. The lowest BCUT2D eigenvalue weighted by molar-refractivity contribution is 0.102. The van der Waals surface area contributed by atoms with Gasteiger partial charge in [-0.25, -0.2) is 0 Å². The molecule has 0 saturated heterocycles. The zero-order valence-corrected chi connectivity index (χ0v) is 12.5. The van der Waals surface area contributed by atoms with Crippen molar-refractivity contribution in [3.63, 3.8) is 0 Å². The molecule has 0 aliphatic carbocycles. The standard InChI is InChI=1S/C14H9BrClNO3/c15-8-4-5-11(10(16)6-8)17-14(18)9-2-1-3-12-13(9)20-7-19-12/h1-6H,7H2,(H,17,18). The summed E-state index contributed by atoms with van der Waals surface area (Å²) in [6.07, 6.45) is 0. The number of rotatable bonds is 2. The van der Waals surface area contributed by atoms with Crippen LogP contribution in [0.1, 0.15) is 10.4 Å². The maximum Gasteiger partial charge on any atom is 0.259 e. The molecule has 0 unspecified atom stereocenters. The fraction of sp³-hybridized carbons (Fsp3) is 0.0714. The number of para-hydroxylation sites is 1. The van der Waals surface area contributed by atoms with Gasteiger partial charge in [-0.3, -0.25) is 4.79 Å². The molecule has 6 heteroatoms. The van der Waals surface area contributed by atoms with E-state index in [1.54, 1.807) is 36.4 Å². The molecule has 20 heavy (non-hydrogen) atoms. The van der Waals surface area contributed by atoms with Crippen molar-refractivity contribution in [2.45, 2.75) is 0 Å². The Morgan fingerprint density at radius 2 is 2.10 bits per heavy atom. The van der Waals surface area contributed by atoms with Crippen LogP contribution in [0, 0.1) is 0 Å². The Hall–Kier alpha value is -1.72. The summed E-state index contributed by atoms with van der Waals surface area (Å²) in [4.78, 5) is 12.3. The van der Waals surface area contributed by atoms with Gasteiger partial charge in [0.05, 0.1) is 16.3 Å². The zero-order chi connectivity index (χ0) is 14.1. The molecule has 0 atom stereocenters. The molecule has 2 aromatic carbocycles. The van der Waals surface area contributed by atoms with Crippen molar-refractivity contribution in [2.24, 2.45) is 0 Å². The van der Waals surface area contributed by atoms with Crippen LogP contribution in [0.5, 0.6) is 11.5 Å². The van der Waals surface area contributed by atoms with Crippen LogP contribution < -0.4 is 14.8 Å². The number of amides is 1. The van der Waals surface area contributed by atoms with Crippen LogP contribution in [0.2, 0.25) is 5.02 Å². The highest BCUT2D eigenvalue weighted by Crippen LogP contribution is 2.36. The van der Waals surface area contributed by atoms with E-state index in [0.29, 0.717) is 27.8 Å². The zero-order valence-electron chi connectivity index (χ0n) is 10.2. The van der Waals surface area contributed by atoms with E-state index in [2.05, 4.69) is 21.2 Å². The lowest BCUT2D eigenvalue weighted by Crippen LogP contribution is -2.13. The Balaban J connectivity index is 1.89. The number of hydrogen-bond donors (Lipinski definition) is 1. The van der Waals surface area contributed by atoms with Crippen LogP contribution in [0.15, 0.2) is 40.9 Å². The summed E-state index contributed by atoms with van der Waals surface area (Å²) in [5.74, 6) is 0.731. The fourth-order valence-electron chi connectivity index (χ4n) is 1.89. The number of fused-ring (bicyclic) bond motifs is 1. The third-order valence-corrected chi connectivity index (χ3v) is 3.63. The van der Waals surface area contributed by atoms with Crippen LogP contribution in [-0.2, 0) is 0 Å². The first-order valence-electron chi connectivity index (χ1n) is 5.80. The molecule has 0 bridgehead atoms. The van der Waals surface area contributed by atoms with Gasteiger partial charge in [-0.15, -0.1) is 0 Å². The molecule has 3 rings (SSSR count). The van der Waals surface area contributed by atoms with Crippen molar-refractivity contribution in [2.75, 3.05) is 12.1 Å². The van der Waals surface area contributed by atoms with Crippen LogP contribution in [0.25, 0.3) is 0 Å². The highest BCUT2D eigenvalue weighted by molar-refractivity contribution is 9.10. The van der Waals surface area contributed by atoms with Gasteiger partial charge in [-0.1, -0.05) is 33.6 Å². The number of hydrogen-bond acceptors (Lipinski definition) is 3. The summed E-state index contributed by atoms with van der Waals surface area (Å²) in [6.45, 7) is 0.124. The smallest absolute Gasteiger partial charge is 0.259 e. The second-order valence-electron chi connectivity index (χ2n) is 4.12. The predicted molar refractivity (Wildman–Crippen MR) is 79.7 cm³/mol. The lowest BCUT2D eigenvalue weighted by Gasteiger charge is -2.09. The third-order valence-electron chi connectivity index (χ3n) is 2.82. The van der Waals surface area contributed by atoms with Crippen LogP contribution >= 0.6 is 27.5 Å². The SMILES string of the molecule is O=C(Nc1ccc(Br)cc1Cl)c1cccc2c1OCO2. The first-order chi connectivity index (χ1) is 9.65. The van der Waals surface area contributed by atoms with Crippen molar-refractivity contribution in [1.29, 1.82) is 0 Å². The maximum atomic E-state index is 12.3. The quantitative estimate of drug-likeness (QED) is 0.884. The Morgan fingerprint density at radius 1 is 1.25 bits per heavy atom. The minimum atomic E-state index is -0.295. The molecule has 0 aromatic heterocycles. The van der Waals surface area contributed by atoms with Gasteiger partial charge in [0.25, 0.3) is 5.91 Å².